The summed E-state index contributed by atoms with van der Waals surface area (Å²) in [5, 5.41) is 8.13. The van der Waals surface area contributed by atoms with Crippen LogP contribution in [0.3, 0.4) is 0 Å². The Morgan fingerprint density at radius 3 is 2.59 bits per heavy atom. The van der Waals surface area contributed by atoms with Gasteiger partial charge in [0.1, 0.15) is 0 Å². The van der Waals surface area contributed by atoms with Crippen LogP contribution in [0.15, 0.2) is 18.5 Å². The molecule has 8 nitrogen and oxygen atoms in total. The summed E-state index contributed by atoms with van der Waals surface area (Å²) >= 11 is 1.90. The Morgan fingerprint density at radius 1 is 1.13 bits per heavy atom. The second kappa shape index (κ2) is 10.7. The molecule has 3 aromatic rings. The molecule has 0 N–H and O–H groups in total. The number of carbonyl (C=O) groups excluding carboxylic acids is 1. The minimum atomic E-state index is 0.161. The second-order valence-corrected chi connectivity index (χ2v) is 12.9. The Labute approximate surface area is 235 Å². The summed E-state index contributed by atoms with van der Waals surface area (Å²) in [6.07, 6.45) is 9.73. The maximum atomic E-state index is 13.8. The van der Waals surface area contributed by atoms with Gasteiger partial charge in [0.15, 0.2) is 0 Å². The van der Waals surface area contributed by atoms with Crippen molar-refractivity contribution in [1.82, 2.24) is 29.8 Å². The number of fused-ring (bicyclic) bond motifs is 1. The molecule has 9 heteroatoms. The highest BCUT2D eigenvalue weighted by Gasteiger charge is 2.38. The maximum Gasteiger partial charge on any atom is 0.255 e. The Morgan fingerprint density at radius 2 is 1.90 bits per heavy atom. The van der Waals surface area contributed by atoms with E-state index in [0.29, 0.717) is 36.3 Å². The van der Waals surface area contributed by atoms with Gasteiger partial charge in [-0.05, 0) is 75.5 Å². The van der Waals surface area contributed by atoms with E-state index in [0.717, 1.165) is 48.4 Å². The van der Waals surface area contributed by atoms with E-state index in [4.69, 9.17) is 4.74 Å². The van der Waals surface area contributed by atoms with E-state index in [1.165, 1.54) is 41.0 Å². The molecule has 0 spiro atoms. The molecule has 3 aliphatic rings. The molecule has 0 radical (unpaired) electrons. The molecule has 0 unspecified atom stereocenters. The van der Waals surface area contributed by atoms with Crippen molar-refractivity contribution in [1.29, 1.82) is 0 Å². The van der Waals surface area contributed by atoms with Crippen LogP contribution < -0.4 is 4.74 Å². The standard InChI is InChI=1S/C30H40N6O2S/c1-18-14-19(2)32-29(38-5)25(18)17-34-12-10-26-27(30(34)37)21(4)28(39-26)20(3)22-6-8-23(9-7-22)35-15-24(16-35)36-13-11-31-33-36/h11,13-14,20,22-24H,6-10,12,15-17H2,1-5H3/t20-,22?,23?/m1/s1. The van der Waals surface area contributed by atoms with Crippen LogP contribution in [-0.2, 0) is 13.0 Å². The second-order valence-electron chi connectivity index (χ2n) is 11.8. The lowest BCUT2D eigenvalue weighted by Gasteiger charge is -2.46. The first-order valence-corrected chi connectivity index (χ1v) is 15.2. The maximum absolute atomic E-state index is 13.8. The number of aryl methyl sites for hydroxylation is 2. The molecular formula is C30H40N6O2S. The number of rotatable bonds is 7. The van der Waals surface area contributed by atoms with Gasteiger partial charge in [0.05, 0.1) is 31.5 Å². The smallest absolute Gasteiger partial charge is 0.255 e. The molecule has 1 atom stereocenters. The summed E-state index contributed by atoms with van der Waals surface area (Å²) < 4.78 is 7.58. The summed E-state index contributed by atoms with van der Waals surface area (Å²) in [4.78, 5) is 25.6. The number of hydrogen-bond acceptors (Lipinski definition) is 7. The third-order valence-corrected chi connectivity index (χ3v) is 11.0. The van der Waals surface area contributed by atoms with Crippen LogP contribution in [0.5, 0.6) is 5.88 Å². The molecule has 1 aliphatic carbocycles. The van der Waals surface area contributed by atoms with Gasteiger partial charge < -0.3 is 9.64 Å². The SMILES string of the molecule is COc1nc(C)cc(C)c1CN1CCc2sc([C@H](C)C3CCC(N4CC(n5ccnn5)C4)CC3)c(C)c2C1=O. The fraction of sp³-hybridized carbons (Fsp3) is 0.600. The minimum Gasteiger partial charge on any atom is -0.481 e. The number of pyridine rings is 1. The van der Waals surface area contributed by atoms with Gasteiger partial charge in [0, 0.05) is 59.3 Å². The Kier molecular flexibility index (Phi) is 7.22. The van der Waals surface area contributed by atoms with Crippen LogP contribution in [0.4, 0.5) is 0 Å². The normalized spacial score (nSPS) is 23.0. The van der Waals surface area contributed by atoms with Crippen molar-refractivity contribution in [2.75, 3.05) is 26.7 Å². The van der Waals surface area contributed by atoms with Crippen molar-refractivity contribution in [3.05, 3.63) is 56.2 Å². The lowest BCUT2D eigenvalue weighted by atomic mass is 9.76. The van der Waals surface area contributed by atoms with Gasteiger partial charge in [-0.1, -0.05) is 12.1 Å². The van der Waals surface area contributed by atoms with Crippen molar-refractivity contribution in [2.24, 2.45) is 5.92 Å². The summed E-state index contributed by atoms with van der Waals surface area (Å²) in [6, 6.07) is 3.24. The van der Waals surface area contributed by atoms with Gasteiger partial charge in [0.2, 0.25) is 5.88 Å². The molecule has 6 rings (SSSR count). The predicted molar refractivity (Wildman–Crippen MR) is 153 cm³/mol. The number of aromatic nitrogens is 4. The number of nitrogens with zero attached hydrogens (tertiary/aromatic N) is 6. The molecule has 208 valence electrons. The lowest BCUT2D eigenvalue weighted by molar-refractivity contribution is 0.0263. The molecule has 3 aromatic heterocycles. The lowest BCUT2D eigenvalue weighted by Crippen LogP contribution is -2.53. The molecule has 39 heavy (non-hydrogen) atoms. The molecule has 1 saturated heterocycles. The van der Waals surface area contributed by atoms with Crippen molar-refractivity contribution in [3.8, 4) is 5.88 Å². The molecule has 2 aliphatic heterocycles. The van der Waals surface area contributed by atoms with Gasteiger partial charge in [-0.25, -0.2) is 9.67 Å². The van der Waals surface area contributed by atoms with Gasteiger partial charge in [0.25, 0.3) is 5.91 Å². The van der Waals surface area contributed by atoms with E-state index in [-0.39, 0.29) is 5.91 Å². The molecule has 1 amide bonds. The van der Waals surface area contributed by atoms with Gasteiger partial charge in [-0.15, -0.1) is 16.4 Å². The van der Waals surface area contributed by atoms with Crippen molar-refractivity contribution >= 4 is 17.2 Å². The van der Waals surface area contributed by atoms with Crippen LogP contribution in [0.25, 0.3) is 0 Å². The zero-order chi connectivity index (χ0) is 27.3. The Hall–Kier alpha value is -2.78. The topological polar surface area (TPSA) is 76.4 Å². The summed E-state index contributed by atoms with van der Waals surface area (Å²) in [5.41, 5.74) is 5.23. The first-order chi connectivity index (χ1) is 18.8. The quantitative estimate of drug-likeness (QED) is 0.410. The fourth-order valence-electron chi connectivity index (χ4n) is 7.06. The first-order valence-electron chi connectivity index (χ1n) is 14.4. The number of amides is 1. The van der Waals surface area contributed by atoms with E-state index in [2.05, 4.69) is 47.0 Å². The summed E-state index contributed by atoms with van der Waals surface area (Å²) in [6.45, 7) is 12.1. The van der Waals surface area contributed by atoms with Crippen LogP contribution >= 0.6 is 11.3 Å². The molecule has 1 saturated carbocycles. The van der Waals surface area contributed by atoms with E-state index in [1.54, 1.807) is 13.3 Å². The van der Waals surface area contributed by atoms with Gasteiger partial charge in [-0.2, -0.15) is 0 Å². The van der Waals surface area contributed by atoms with Crippen LogP contribution in [-0.4, -0.2) is 68.5 Å². The third-order valence-electron chi connectivity index (χ3n) is 9.43. The highest BCUT2D eigenvalue weighted by Crippen LogP contribution is 2.44. The van der Waals surface area contributed by atoms with Crippen LogP contribution in [0.1, 0.15) is 87.1 Å². The van der Waals surface area contributed by atoms with Crippen molar-refractivity contribution in [2.45, 2.75) is 84.3 Å². The van der Waals surface area contributed by atoms with Crippen LogP contribution in [0.2, 0.25) is 0 Å². The number of carbonyl (C=O) groups is 1. The molecule has 5 heterocycles. The minimum absolute atomic E-state index is 0.161. The van der Waals surface area contributed by atoms with Gasteiger partial charge in [-0.3, -0.25) is 9.69 Å². The average molecular weight is 549 g/mol. The van der Waals surface area contributed by atoms with E-state index in [9.17, 15) is 4.79 Å². The Bertz CT molecular complexity index is 1340. The molecule has 2 fully saturated rings. The highest BCUT2D eigenvalue weighted by molar-refractivity contribution is 7.12. The summed E-state index contributed by atoms with van der Waals surface area (Å²) in [7, 11) is 1.66. The Balaban J connectivity index is 1.10. The average Bonchev–Trinajstić information content (AvgIpc) is 3.54. The zero-order valence-electron chi connectivity index (χ0n) is 23.8. The number of hydrogen-bond donors (Lipinski definition) is 0. The summed E-state index contributed by atoms with van der Waals surface area (Å²) in [5.74, 6) is 1.97. The van der Waals surface area contributed by atoms with E-state index < -0.39 is 0 Å². The van der Waals surface area contributed by atoms with Crippen molar-refractivity contribution < 1.29 is 9.53 Å². The fourth-order valence-corrected chi connectivity index (χ4v) is 8.49. The third kappa shape index (κ3) is 4.88. The zero-order valence-corrected chi connectivity index (χ0v) is 24.6. The number of methoxy groups -OCH3 is 1. The molecule has 0 aromatic carbocycles. The van der Waals surface area contributed by atoms with Crippen molar-refractivity contribution in [3.63, 3.8) is 0 Å². The number of ether oxygens (including phenoxy) is 1. The van der Waals surface area contributed by atoms with Gasteiger partial charge >= 0.3 is 0 Å². The number of likely N-dealkylation sites (tertiary alicyclic amines) is 1. The monoisotopic (exact) mass is 548 g/mol. The van der Waals surface area contributed by atoms with Crippen LogP contribution in [0, 0.1) is 26.7 Å². The predicted octanol–water partition coefficient (Wildman–Crippen LogP) is 5.09. The van der Waals surface area contributed by atoms with E-state index >= 15 is 0 Å². The first kappa shape index (κ1) is 26.4. The molecular weight excluding hydrogens is 508 g/mol. The number of thiophene rings is 1. The van der Waals surface area contributed by atoms with E-state index in [1.807, 2.05) is 34.0 Å². The highest BCUT2D eigenvalue weighted by atomic mass is 32.1. The molecule has 0 bridgehead atoms. The largest absolute Gasteiger partial charge is 0.481 e.